The van der Waals surface area contributed by atoms with Gasteiger partial charge in [0, 0.05) is 11.6 Å². The monoisotopic (exact) mass is 333 g/mol. The topological polar surface area (TPSA) is 58.7 Å². The van der Waals surface area contributed by atoms with Crippen LogP contribution < -0.4 is 5.56 Å². The maximum atomic E-state index is 12.6. The van der Waals surface area contributed by atoms with Gasteiger partial charge in [-0.25, -0.2) is 4.98 Å². The number of hydrogen-bond donors (Lipinski definition) is 0. The molecule has 0 radical (unpaired) electrons. The van der Waals surface area contributed by atoms with Crippen molar-refractivity contribution in [3.8, 4) is 17.3 Å². The smallest absolute Gasteiger partial charge is 0.255 e. The Morgan fingerprint density at radius 2 is 1.83 bits per heavy atom. The van der Waals surface area contributed by atoms with E-state index in [2.05, 4.69) is 11.1 Å². The fraction of sp³-hybridized carbons (Fsp3) is 0.105. The predicted octanol–water partition coefficient (Wildman–Crippen LogP) is 3.55. The Labute approximate surface area is 144 Å². The summed E-state index contributed by atoms with van der Waals surface area (Å²) in [6.07, 6.45) is 1.91. The van der Waals surface area contributed by atoms with Gasteiger partial charge in [-0.1, -0.05) is 54.2 Å². The number of rotatable bonds is 4. The third kappa shape index (κ3) is 3.39. The number of thioether (sulfide) groups is 1. The van der Waals surface area contributed by atoms with E-state index < -0.39 is 0 Å². The van der Waals surface area contributed by atoms with Gasteiger partial charge in [-0.3, -0.25) is 9.36 Å². The highest BCUT2D eigenvalue weighted by atomic mass is 32.2. The van der Waals surface area contributed by atoms with Crippen LogP contribution in [0.3, 0.4) is 0 Å². The molecule has 24 heavy (non-hydrogen) atoms. The Hall–Kier alpha value is -2.84. The second kappa shape index (κ2) is 7.16. The van der Waals surface area contributed by atoms with Crippen LogP contribution in [0.1, 0.15) is 11.1 Å². The van der Waals surface area contributed by atoms with Crippen molar-refractivity contribution in [3.63, 3.8) is 0 Å². The molecule has 0 saturated carbocycles. The van der Waals surface area contributed by atoms with E-state index >= 15 is 0 Å². The molecular weight excluding hydrogens is 318 g/mol. The first kappa shape index (κ1) is 16.0. The first-order valence-electron chi connectivity index (χ1n) is 7.41. The fourth-order valence-corrected chi connectivity index (χ4v) is 2.97. The van der Waals surface area contributed by atoms with Gasteiger partial charge in [0.2, 0.25) is 0 Å². The molecule has 0 aliphatic heterocycles. The molecule has 4 nitrogen and oxygen atoms in total. The van der Waals surface area contributed by atoms with Gasteiger partial charge in [0.15, 0.2) is 5.16 Å². The van der Waals surface area contributed by atoms with E-state index in [1.165, 1.54) is 11.8 Å². The molecule has 3 rings (SSSR count). The highest BCUT2D eigenvalue weighted by Gasteiger charge is 2.10. The zero-order valence-electron chi connectivity index (χ0n) is 13.1. The Bertz CT molecular complexity index is 941. The fourth-order valence-electron chi connectivity index (χ4n) is 2.41. The lowest BCUT2D eigenvalue weighted by Gasteiger charge is -2.12. The number of aromatic nitrogens is 2. The summed E-state index contributed by atoms with van der Waals surface area (Å²) < 4.78 is 1.65. The molecule has 0 aliphatic carbocycles. The van der Waals surface area contributed by atoms with E-state index in [0.717, 1.165) is 11.1 Å². The van der Waals surface area contributed by atoms with Crippen LogP contribution in [0.4, 0.5) is 0 Å². The maximum Gasteiger partial charge on any atom is 0.255 e. The standard InChI is InChI=1S/C19H15N3OS/c1-24-19-21-17(16-5-3-2-4-6-16)11-18(23)22(19)13-15-9-7-14(12-20)8-10-15/h2-11H,13H2,1H3. The van der Waals surface area contributed by atoms with E-state index in [4.69, 9.17) is 5.26 Å². The maximum absolute atomic E-state index is 12.6. The van der Waals surface area contributed by atoms with Crippen LogP contribution in [0.25, 0.3) is 11.3 Å². The van der Waals surface area contributed by atoms with Crippen LogP contribution in [0.5, 0.6) is 0 Å². The lowest BCUT2D eigenvalue weighted by molar-refractivity contribution is 0.648. The van der Waals surface area contributed by atoms with Crippen LogP contribution in [-0.4, -0.2) is 15.8 Å². The molecule has 0 amide bonds. The Morgan fingerprint density at radius 3 is 2.46 bits per heavy atom. The van der Waals surface area contributed by atoms with E-state index in [-0.39, 0.29) is 5.56 Å². The van der Waals surface area contributed by atoms with Crippen molar-refractivity contribution < 1.29 is 0 Å². The third-order valence-corrected chi connectivity index (χ3v) is 4.33. The van der Waals surface area contributed by atoms with Gasteiger partial charge in [-0.2, -0.15) is 5.26 Å². The predicted molar refractivity (Wildman–Crippen MR) is 96.0 cm³/mol. The highest BCUT2D eigenvalue weighted by Crippen LogP contribution is 2.19. The van der Waals surface area contributed by atoms with Gasteiger partial charge in [-0.05, 0) is 24.0 Å². The van der Waals surface area contributed by atoms with E-state index in [9.17, 15) is 4.79 Å². The third-order valence-electron chi connectivity index (χ3n) is 3.65. The van der Waals surface area contributed by atoms with Crippen molar-refractivity contribution in [2.75, 3.05) is 6.26 Å². The molecule has 0 bridgehead atoms. The molecule has 3 aromatic rings. The average Bonchev–Trinajstić information content (AvgIpc) is 2.64. The largest absolute Gasteiger partial charge is 0.283 e. The molecule has 0 spiro atoms. The second-order valence-electron chi connectivity index (χ2n) is 5.23. The zero-order valence-corrected chi connectivity index (χ0v) is 14.0. The molecule has 2 aromatic carbocycles. The Kier molecular flexibility index (Phi) is 4.78. The van der Waals surface area contributed by atoms with Crippen LogP contribution in [-0.2, 0) is 6.54 Å². The summed E-state index contributed by atoms with van der Waals surface area (Å²) in [7, 11) is 0. The van der Waals surface area contributed by atoms with E-state index in [1.54, 1.807) is 22.8 Å². The van der Waals surface area contributed by atoms with E-state index in [0.29, 0.717) is 23.0 Å². The van der Waals surface area contributed by atoms with Crippen LogP contribution in [0.2, 0.25) is 0 Å². The molecule has 0 saturated heterocycles. The van der Waals surface area contributed by atoms with Crippen molar-refractivity contribution in [3.05, 3.63) is 82.1 Å². The van der Waals surface area contributed by atoms with Crippen molar-refractivity contribution in [1.82, 2.24) is 9.55 Å². The summed E-state index contributed by atoms with van der Waals surface area (Å²) in [5, 5.41) is 9.54. The minimum Gasteiger partial charge on any atom is -0.283 e. The van der Waals surface area contributed by atoms with Gasteiger partial charge >= 0.3 is 0 Å². The van der Waals surface area contributed by atoms with Gasteiger partial charge < -0.3 is 0 Å². The molecule has 1 heterocycles. The number of nitriles is 1. The average molecular weight is 333 g/mol. The summed E-state index contributed by atoms with van der Waals surface area (Å²) in [5.41, 5.74) is 3.09. The summed E-state index contributed by atoms with van der Waals surface area (Å²) in [6, 6.07) is 20.6. The van der Waals surface area contributed by atoms with Gasteiger partial charge in [0.1, 0.15) is 0 Å². The van der Waals surface area contributed by atoms with Crippen molar-refractivity contribution in [2.24, 2.45) is 0 Å². The summed E-state index contributed by atoms with van der Waals surface area (Å²) in [5.74, 6) is 0. The summed E-state index contributed by atoms with van der Waals surface area (Å²) in [4.78, 5) is 17.2. The highest BCUT2D eigenvalue weighted by molar-refractivity contribution is 7.98. The minimum absolute atomic E-state index is 0.0856. The lowest BCUT2D eigenvalue weighted by Crippen LogP contribution is -2.23. The van der Waals surface area contributed by atoms with Crippen LogP contribution in [0, 0.1) is 11.3 Å². The quantitative estimate of drug-likeness (QED) is 0.541. The van der Waals surface area contributed by atoms with E-state index in [1.807, 2.05) is 48.7 Å². The lowest BCUT2D eigenvalue weighted by atomic mass is 10.1. The van der Waals surface area contributed by atoms with Crippen molar-refractivity contribution >= 4 is 11.8 Å². The molecule has 0 atom stereocenters. The Morgan fingerprint density at radius 1 is 1.12 bits per heavy atom. The SMILES string of the molecule is CSc1nc(-c2ccccc2)cc(=O)n1Cc1ccc(C#N)cc1. The Balaban J connectivity index is 1.99. The molecular formula is C19H15N3OS. The van der Waals surface area contributed by atoms with Crippen LogP contribution >= 0.6 is 11.8 Å². The first-order valence-corrected chi connectivity index (χ1v) is 8.64. The van der Waals surface area contributed by atoms with Gasteiger partial charge in [-0.15, -0.1) is 0 Å². The van der Waals surface area contributed by atoms with Gasteiger partial charge in [0.05, 0.1) is 23.9 Å². The second-order valence-corrected chi connectivity index (χ2v) is 6.00. The summed E-state index contributed by atoms with van der Waals surface area (Å²) in [6.45, 7) is 0.433. The van der Waals surface area contributed by atoms with Crippen LogP contribution in [0.15, 0.2) is 70.6 Å². The molecule has 5 heteroatoms. The molecule has 0 unspecified atom stereocenters. The van der Waals surface area contributed by atoms with Crippen molar-refractivity contribution in [1.29, 1.82) is 5.26 Å². The first-order chi connectivity index (χ1) is 11.7. The normalized spacial score (nSPS) is 10.3. The molecule has 1 aromatic heterocycles. The van der Waals surface area contributed by atoms with Crippen molar-refractivity contribution in [2.45, 2.75) is 11.7 Å². The number of hydrogen-bond acceptors (Lipinski definition) is 4. The zero-order chi connectivity index (χ0) is 16.9. The molecule has 118 valence electrons. The molecule has 0 aliphatic rings. The number of benzene rings is 2. The molecule has 0 fully saturated rings. The molecule has 0 N–H and O–H groups in total. The van der Waals surface area contributed by atoms with Gasteiger partial charge in [0.25, 0.3) is 5.56 Å². The minimum atomic E-state index is -0.0856. The number of nitrogens with zero attached hydrogens (tertiary/aromatic N) is 3. The summed E-state index contributed by atoms with van der Waals surface area (Å²) >= 11 is 1.44.